The van der Waals surface area contributed by atoms with Crippen LogP contribution in [0.5, 0.6) is 5.75 Å². The number of hydrogen-bond donors (Lipinski definition) is 0. The van der Waals surface area contributed by atoms with E-state index in [1.54, 1.807) is 0 Å². The zero-order valence-corrected chi connectivity index (χ0v) is 8.65. The molecule has 0 saturated carbocycles. The molecule has 0 aliphatic heterocycles. The van der Waals surface area contributed by atoms with Crippen LogP contribution in [0.3, 0.4) is 0 Å². The van der Waals surface area contributed by atoms with Crippen molar-refractivity contribution in [3.63, 3.8) is 0 Å². The lowest BCUT2D eigenvalue weighted by atomic mass is 10.2. The first-order valence-electron chi connectivity index (χ1n) is 4.34. The van der Waals surface area contributed by atoms with Crippen LogP contribution < -0.4 is 4.74 Å². The Labute approximate surface area is 101 Å². The summed E-state index contributed by atoms with van der Waals surface area (Å²) in [5.41, 5.74) is -3.87. The molecule has 0 spiro atoms. The molecule has 0 radical (unpaired) electrons. The van der Waals surface area contributed by atoms with Crippen molar-refractivity contribution < 1.29 is 36.4 Å². The monoisotopic (exact) mass is 286 g/mol. The third-order valence-electron chi connectivity index (χ3n) is 1.75. The molecule has 1 rings (SSSR count). The molecular weight excluding hydrogens is 283 g/mol. The molecule has 0 fully saturated rings. The minimum absolute atomic E-state index is 0.110. The largest absolute Gasteiger partial charge is 0.573 e. The van der Waals surface area contributed by atoms with Crippen LogP contribution in [0.25, 0.3) is 0 Å². The second-order valence-electron chi connectivity index (χ2n) is 3.00. The topological polar surface area (TPSA) is 82.3 Å². The summed E-state index contributed by atoms with van der Waals surface area (Å²) in [5.74, 6) is -1.53. The summed E-state index contributed by atoms with van der Waals surface area (Å²) >= 11 is 0. The highest BCUT2D eigenvalue weighted by atomic mass is 19.4. The van der Waals surface area contributed by atoms with Gasteiger partial charge in [-0.2, -0.15) is 0 Å². The number of ether oxygens (including phenoxy) is 1. The normalized spacial score (nSPS) is 11.5. The van der Waals surface area contributed by atoms with Crippen molar-refractivity contribution >= 4 is 12.0 Å². The number of aldehydes is 1. The molecule has 0 bridgehead atoms. The fraction of sp³-hybridized carbons (Fsp3) is 0.250. The average Bonchev–Trinajstić information content (AvgIpc) is 2.26. The first kappa shape index (κ1) is 14.7. The molecule has 0 unspecified atom stereocenters. The van der Waals surface area contributed by atoms with Gasteiger partial charge in [0.15, 0.2) is 12.0 Å². The second kappa shape index (κ2) is 5.12. The Hall–Kier alpha value is -2.33. The average molecular weight is 286 g/mol. The number of alkyl halides is 5. The molecule has 1 aromatic rings. The van der Waals surface area contributed by atoms with Crippen molar-refractivity contribution in [2.45, 2.75) is 12.8 Å². The number of nitrogens with zero attached hydrogens (tertiary/aromatic N) is 2. The van der Waals surface area contributed by atoms with Crippen molar-refractivity contribution in [3.8, 4) is 5.75 Å². The van der Waals surface area contributed by atoms with E-state index in [0.29, 0.717) is 0 Å². The van der Waals surface area contributed by atoms with Gasteiger partial charge in [-0.1, -0.05) is 0 Å². The lowest BCUT2D eigenvalue weighted by molar-refractivity contribution is -0.388. The smallest absolute Gasteiger partial charge is 0.396 e. The van der Waals surface area contributed by atoms with Crippen LogP contribution in [-0.4, -0.2) is 22.6 Å². The molecular formula is C8H3F5N2O4. The van der Waals surface area contributed by atoms with E-state index in [1.807, 2.05) is 0 Å². The van der Waals surface area contributed by atoms with E-state index < -0.39 is 40.5 Å². The van der Waals surface area contributed by atoms with Crippen LogP contribution >= 0.6 is 0 Å². The Morgan fingerprint density at radius 1 is 1.42 bits per heavy atom. The predicted molar refractivity (Wildman–Crippen MR) is 47.9 cm³/mol. The number of hydrogen-bond acceptors (Lipinski definition) is 5. The molecule has 1 aromatic heterocycles. The zero-order chi connectivity index (χ0) is 14.8. The predicted octanol–water partition coefficient (Wildman–Crippen LogP) is 2.64. The van der Waals surface area contributed by atoms with E-state index in [1.165, 1.54) is 0 Å². The number of carbonyl (C=O) groups excluding carboxylic acids is 1. The van der Waals surface area contributed by atoms with E-state index >= 15 is 0 Å². The number of pyridine rings is 1. The molecule has 0 atom stereocenters. The van der Waals surface area contributed by atoms with Crippen molar-refractivity contribution in [3.05, 3.63) is 27.6 Å². The molecule has 0 saturated heterocycles. The molecule has 6 nitrogen and oxygen atoms in total. The lowest BCUT2D eigenvalue weighted by Gasteiger charge is -2.11. The zero-order valence-electron chi connectivity index (χ0n) is 8.65. The Morgan fingerprint density at radius 2 is 2.00 bits per heavy atom. The third-order valence-corrected chi connectivity index (χ3v) is 1.75. The molecule has 0 amide bonds. The summed E-state index contributed by atoms with van der Waals surface area (Å²) < 4.78 is 64.0. The standard InChI is InChI=1S/C8H3F5N2O4/c9-7(10)3-1-5(15(17)18)6(4(2-16)14-3)19-8(11,12)13/h1-2,7H. The Morgan fingerprint density at radius 3 is 2.37 bits per heavy atom. The molecule has 104 valence electrons. The van der Waals surface area contributed by atoms with Crippen LogP contribution in [0, 0.1) is 10.1 Å². The quantitative estimate of drug-likeness (QED) is 0.368. The maximum absolute atomic E-state index is 12.3. The van der Waals surface area contributed by atoms with Gasteiger partial charge in [0.05, 0.1) is 4.92 Å². The summed E-state index contributed by atoms with van der Waals surface area (Å²) in [5, 5.41) is 10.5. The highest BCUT2D eigenvalue weighted by molar-refractivity contribution is 5.79. The van der Waals surface area contributed by atoms with Crippen molar-refractivity contribution in [1.29, 1.82) is 0 Å². The van der Waals surface area contributed by atoms with Gasteiger partial charge in [0.2, 0.25) is 5.75 Å². The van der Waals surface area contributed by atoms with E-state index in [4.69, 9.17) is 0 Å². The van der Waals surface area contributed by atoms with E-state index in [0.717, 1.165) is 0 Å². The lowest BCUT2D eigenvalue weighted by Crippen LogP contribution is -2.20. The van der Waals surface area contributed by atoms with Crippen molar-refractivity contribution in [1.82, 2.24) is 4.98 Å². The first-order chi connectivity index (χ1) is 8.65. The SMILES string of the molecule is O=Cc1nc(C(F)F)cc([N+](=O)[O-])c1OC(F)(F)F. The minimum atomic E-state index is -5.34. The second-order valence-corrected chi connectivity index (χ2v) is 3.00. The fourth-order valence-corrected chi connectivity index (χ4v) is 1.11. The minimum Gasteiger partial charge on any atom is -0.396 e. The van der Waals surface area contributed by atoms with Gasteiger partial charge >= 0.3 is 12.0 Å². The van der Waals surface area contributed by atoms with Gasteiger partial charge in [-0.25, -0.2) is 13.8 Å². The fourth-order valence-electron chi connectivity index (χ4n) is 1.11. The van der Waals surface area contributed by atoms with Crippen LogP contribution in [0.1, 0.15) is 22.6 Å². The van der Waals surface area contributed by atoms with Crippen molar-refractivity contribution in [2.24, 2.45) is 0 Å². The Bertz CT molecular complexity index is 517. The van der Waals surface area contributed by atoms with E-state index in [-0.39, 0.29) is 12.4 Å². The van der Waals surface area contributed by atoms with E-state index in [2.05, 4.69) is 9.72 Å². The van der Waals surface area contributed by atoms with Crippen LogP contribution in [0.15, 0.2) is 6.07 Å². The van der Waals surface area contributed by atoms with Gasteiger partial charge in [-0.05, 0) is 0 Å². The maximum atomic E-state index is 12.3. The van der Waals surface area contributed by atoms with Gasteiger partial charge in [-0.15, -0.1) is 13.2 Å². The Kier molecular flexibility index (Phi) is 3.97. The van der Waals surface area contributed by atoms with Gasteiger partial charge in [-0.3, -0.25) is 14.9 Å². The van der Waals surface area contributed by atoms with Crippen LogP contribution in [-0.2, 0) is 0 Å². The highest BCUT2D eigenvalue weighted by Crippen LogP contribution is 2.36. The summed E-state index contributed by atoms with van der Waals surface area (Å²) in [6.07, 6.45) is -8.98. The molecule has 11 heteroatoms. The highest BCUT2D eigenvalue weighted by Gasteiger charge is 2.37. The molecule has 0 N–H and O–H groups in total. The number of nitro groups is 1. The Balaban J connectivity index is 3.49. The summed E-state index contributed by atoms with van der Waals surface area (Å²) in [6, 6.07) is 0.110. The van der Waals surface area contributed by atoms with Crippen LogP contribution in [0.4, 0.5) is 27.6 Å². The van der Waals surface area contributed by atoms with Gasteiger partial charge < -0.3 is 4.74 Å². The van der Waals surface area contributed by atoms with E-state index in [9.17, 15) is 36.9 Å². The van der Waals surface area contributed by atoms with Crippen LogP contribution in [0.2, 0.25) is 0 Å². The van der Waals surface area contributed by atoms with Gasteiger partial charge in [0.1, 0.15) is 5.69 Å². The maximum Gasteiger partial charge on any atom is 0.573 e. The number of carbonyl (C=O) groups is 1. The number of aromatic nitrogens is 1. The summed E-state index contributed by atoms with van der Waals surface area (Å²) in [6.45, 7) is 0. The summed E-state index contributed by atoms with van der Waals surface area (Å²) in [4.78, 5) is 22.5. The van der Waals surface area contributed by atoms with Gasteiger partial charge in [0.25, 0.3) is 6.43 Å². The van der Waals surface area contributed by atoms with Gasteiger partial charge in [0, 0.05) is 6.07 Å². The molecule has 1 heterocycles. The molecule has 0 aromatic carbocycles. The molecule has 0 aliphatic rings. The molecule has 19 heavy (non-hydrogen) atoms. The number of rotatable bonds is 4. The first-order valence-corrected chi connectivity index (χ1v) is 4.34. The number of halogens is 5. The molecule has 0 aliphatic carbocycles. The third kappa shape index (κ3) is 3.56. The van der Waals surface area contributed by atoms with Crippen molar-refractivity contribution in [2.75, 3.05) is 0 Å². The summed E-state index contributed by atoms with van der Waals surface area (Å²) in [7, 11) is 0.